The second kappa shape index (κ2) is 8.83. The van der Waals surface area contributed by atoms with Gasteiger partial charge in [0.1, 0.15) is 5.75 Å². The molecule has 27 heavy (non-hydrogen) atoms. The third-order valence-corrected chi connectivity index (χ3v) is 4.85. The average molecular weight is 379 g/mol. The summed E-state index contributed by atoms with van der Waals surface area (Å²) in [4.78, 5) is 34.5. The zero-order chi connectivity index (χ0) is 20.0. The number of primary amides is 1. The van der Waals surface area contributed by atoms with E-state index in [1.165, 1.54) is 0 Å². The number of rotatable bonds is 5. The number of hydrogen-bond acceptors (Lipinski definition) is 6. The van der Waals surface area contributed by atoms with Crippen LogP contribution in [0.25, 0.3) is 0 Å². The molecule has 0 radical (unpaired) electrons. The number of para-hydroxylation sites is 1. The highest BCUT2D eigenvalue weighted by molar-refractivity contribution is 5.95. The first kappa shape index (κ1) is 20.7. The molecule has 2 heterocycles. The van der Waals surface area contributed by atoms with Gasteiger partial charge in [0, 0.05) is 38.5 Å². The Balaban J connectivity index is 0.000000596. The molecular formula is C18H25N3O6. The first-order valence-corrected chi connectivity index (χ1v) is 8.59. The molecule has 2 atom stereocenters. The predicted octanol–water partition coefficient (Wildman–Crippen LogP) is -0.704. The van der Waals surface area contributed by atoms with Gasteiger partial charge < -0.3 is 30.9 Å². The lowest BCUT2D eigenvalue weighted by Gasteiger charge is -2.25. The number of likely N-dealkylation sites (tertiary alicyclic amines) is 1. The molecule has 2 saturated heterocycles. The summed E-state index contributed by atoms with van der Waals surface area (Å²) in [6, 6.07) is 6.59. The molecule has 1 aromatic rings. The summed E-state index contributed by atoms with van der Waals surface area (Å²) in [5, 5.41) is 20.4. The Bertz CT molecular complexity index is 706. The fraction of sp³-hybridized carbons (Fsp3) is 0.500. The maximum absolute atomic E-state index is 12.4. The third kappa shape index (κ3) is 4.95. The number of carboxylic acids is 1. The quantitative estimate of drug-likeness (QED) is 0.530. The van der Waals surface area contributed by atoms with E-state index in [1.807, 2.05) is 0 Å². The number of amides is 2. The number of nitrogens with one attached hydrogen (secondary N) is 1. The van der Waals surface area contributed by atoms with Gasteiger partial charge in [-0.1, -0.05) is 12.1 Å². The van der Waals surface area contributed by atoms with Crippen molar-refractivity contribution < 1.29 is 29.3 Å². The second-order valence-electron chi connectivity index (χ2n) is 6.79. The fourth-order valence-corrected chi connectivity index (χ4v) is 3.46. The van der Waals surface area contributed by atoms with Crippen LogP contribution in [0.2, 0.25) is 0 Å². The van der Waals surface area contributed by atoms with Crippen LogP contribution in [-0.4, -0.2) is 72.3 Å². The van der Waals surface area contributed by atoms with Gasteiger partial charge in [0.25, 0.3) is 17.8 Å². The molecule has 9 nitrogen and oxygen atoms in total. The zero-order valence-corrected chi connectivity index (χ0v) is 15.2. The highest BCUT2D eigenvalue weighted by Gasteiger charge is 2.50. The van der Waals surface area contributed by atoms with E-state index in [1.54, 1.807) is 29.2 Å². The lowest BCUT2D eigenvalue weighted by Crippen LogP contribution is -2.39. The highest BCUT2D eigenvalue weighted by atomic mass is 16.5. The van der Waals surface area contributed by atoms with E-state index in [0.29, 0.717) is 18.8 Å². The number of nitrogens with two attached hydrogens (primary N) is 1. The molecule has 9 heteroatoms. The summed E-state index contributed by atoms with van der Waals surface area (Å²) in [6.45, 7) is 3.69. The number of aliphatic hydroxyl groups is 1. The number of ether oxygens (including phenoxy) is 1. The van der Waals surface area contributed by atoms with E-state index >= 15 is 0 Å². The number of aliphatic hydroxyl groups excluding tert-OH is 1. The van der Waals surface area contributed by atoms with Crippen molar-refractivity contribution in [3.05, 3.63) is 29.8 Å². The van der Waals surface area contributed by atoms with Crippen molar-refractivity contribution in [1.82, 2.24) is 10.2 Å². The van der Waals surface area contributed by atoms with E-state index in [-0.39, 0.29) is 36.0 Å². The summed E-state index contributed by atoms with van der Waals surface area (Å²) < 4.78 is 5.49. The number of carboxylic acid groups (broad SMARTS) is 1. The predicted molar refractivity (Wildman–Crippen MR) is 96.2 cm³/mol. The Morgan fingerprint density at radius 1 is 1.37 bits per heavy atom. The molecule has 2 amide bonds. The lowest BCUT2D eigenvalue weighted by atomic mass is 9.82. The minimum Gasteiger partial charge on any atom is -0.483 e. The molecule has 5 N–H and O–H groups in total. The Morgan fingerprint density at radius 3 is 2.63 bits per heavy atom. The van der Waals surface area contributed by atoms with Crippen molar-refractivity contribution in [2.45, 2.75) is 6.92 Å². The molecule has 0 bridgehead atoms. The van der Waals surface area contributed by atoms with E-state index in [4.69, 9.17) is 20.4 Å². The molecule has 0 spiro atoms. The van der Waals surface area contributed by atoms with Gasteiger partial charge in [0.15, 0.2) is 6.61 Å². The first-order chi connectivity index (χ1) is 12.8. The average Bonchev–Trinajstić information content (AvgIpc) is 3.17. The van der Waals surface area contributed by atoms with Crippen molar-refractivity contribution in [1.29, 1.82) is 0 Å². The summed E-state index contributed by atoms with van der Waals surface area (Å²) in [6.07, 6.45) is 0. The number of carbonyl (C=O) groups is 3. The van der Waals surface area contributed by atoms with Crippen LogP contribution in [0.4, 0.5) is 0 Å². The molecule has 2 aliphatic heterocycles. The van der Waals surface area contributed by atoms with Gasteiger partial charge in [0.2, 0.25) is 0 Å². The van der Waals surface area contributed by atoms with Crippen LogP contribution in [0.5, 0.6) is 5.75 Å². The van der Waals surface area contributed by atoms with Gasteiger partial charge in [-0.05, 0) is 18.1 Å². The van der Waals surface area contributed by atoms with Gasteiger partial charge in [-0.15, -0.1) is 0 Å². The molecule has 0 saturated carbocycles. The van der Waals surface area contributed by atoms with Gasteiger partial charge in [-0.25, -0.2) is 0 Å². The van der Waals surface area contributed by atoms with Crippen LogP contribution in [0, 0.1) is 11.3 Å². The number of carbonyl (C=O) groups excluding carboxylic acids is 2. The number of benzene rings is 1. The summed E-state index contributed by atoms with van der Waals surface area (Å²) in [5.74, 6) is -0.985. The Morgan fingerprint density at radius 2 is 2.04 bits per heavy atom. The highest BCUT2D eigenvalue weighted by Crippen LogP contribution is 2.38. The number of nitrogens with zero attached hydrogens (tertiary/aromatic N) is 1. The van der Waals surface area contributed by atoms with E-state index in [2.05, 4.69) is 5.32 Å². The van der Waals surface area contributed by atoms with Crippen molar-refractivity contribution >= 4 is 17.8 Å². The maximum atomic E-state index is 12.4. The van der Waals surface area contributed by atoms with E-state index in [9.17, 15) is 14.7 Å². The molecular weight excluding hydrogens is 354 g/mol. The molecule has 2 unspecified atom stereocenters. The van der Waals surface area contributed by atoms with Crippen LogP contribution in [0.3, 0.4) is 0 Å². The summed E-state index contributed by atoms with van der Waals surface area (Å²) in [5.41, 5.74) is 5.32. The van der Waals surface area contributed by atoms with Crippen molar-refractivity contribution in [2.75, 3.05) is 39.4 Å². The Labute approximate surface area is 157 Å². The Kier molecular flexibility index (Phi) is 6.75. The molecule has 2 aliphatic rings. The van der Waals surface area contributed by atoms with Gasteiger partial charge in [-0.3, -0.25) is 14.4 Å². The summed E-state index contributed by atoms with van der Waals surface area (Å²) >= 11 is 0. The van der Waals surface area contributed by atoms with Crippen LogP contribution < -0.4 is 15.8 Å². The SMILES string of the molecule is CC(=O)O.NC(=O)c1ccccc1OCC(=O)N1CC2CNCC2(CO)C1. The van der Waals surface area contributed by atoms with Crippen molar-refractivity contribution in [2.24, 2.45) is 17.1 Å². The van der Waals surface area contributed by atoms with Gasteiger partial charge >= 0.3 is 0 Å². The van der Waals surface area contributed by atoms with E-state index < -0.39 is 11.9 Å². The minimum absolute atomic E-state index is 0.0693. The van der Waals surface area contributed by atoms with Crippen LogP contribution in [0.15, 0.2) is 24.3 Å². The fourth-order valence-electron chi connectivity index (χ4n) is 3.46. The number of hydrogen-bond donors (Lipinski definition) is 4. The normalized spacial score (nSPS) is 23.2. The Hall–Kier alpha value is -2.65. The van der Waals surface area contributed by atoms with Crippen LogP contribution in [-0.2, 0) is 9.59 Å². The third-order valence-electron chi connectivity index (χ3n) is 4.85. The molecule has 148 valence electrons. The first-order valence-electron chi connectivity index (χ1n) is 8.59. The van der Waals surface area contributed by atoms with Gasteiger partial charge in [0.05, 0.1) is 12.2 Å². The number of aliphatic carboxylic acids is 1. The lowest BCUT2D eigenvalue weighted by molar-refractivity contribution is -0.134. The topological polar surface area (TPSA) is 142 Å². The smallest absolute Gasteiger partial charge is 0.300 e. The monoisotopic (exact) mass is 379 g/mol. The van der Waals surface area contributed by atoms with E-state index in [0.717, 1.165) is 20.0 Å². The molecule has 3 rings (SSSR count). The van der Waals surface area contributed by atoms with Crippen LogP contribution >= 0.6 is 0 Å². The molecule has 0 aromatic heterocycles. The minimum atomic E-state index is -0.833. The standard InChI is InChI=1S/C16H21N3O4.C2H4O2/c17-15(22)12-3-1-2-4-13(12)23-7-14(21)19-6-11-5-18-8-16(11,9-19)10-20;1-2(3)4/h1-4,11,18,20H,5-10H2,(H2,17,22);1H3,(H,3,4). The maximum Gasteiger partial charge on any atom is 0.300 e. The molecule has 0 aliphatic carbocycles. The van der Waals surface area contributed by atoms with Crippen molar-refractivity contribution in [3.63, 3.8) is 0 Å². The van der Waals surface area contributed by atoms with Gasteiger partial charge in [-0.2, -0.15) is 0 Å². The second-order valence-corrected chi connectivity index (χ2v) is 6.79. The number of fused-ring (bicyclic) bond motifs is 1. The van der Waals surface area contributed by atoms with Crippen molar-refractivity contribution in [3.8, 4) is 5.75 Å². The zero-order valence-electron chi connectivity index (χ0n) is 15.2. The summed E-state index contributed by atoms with van der Waals surface area (Å²) in [7, 11) is 0. The molecule has 2 fully saturated rings. The molecule has 1 aromatic carbocycles. The largest absolute Gasteiger partial charge is 0.483 e. The van der Waals surface area contributed by atoms with Crippen LogP contribution in [0.1, 0.15) is 17.3 Å².